The van der Waals surface area contributed by atoms with E-state index in [2.05, 4.69) is 4.99 Å². The monoisotopic (exact) mass is 219 g/mol. The van der Waals surface area contributed by atoms with Gasteiger partial charge < -0.3 is 11.5 Å². The molecule has 0 aliphatic carbocycles. The topological polar surface area (TPSA) is 112 Å². The third kappa shape index (κ3) is 124. The summed E-state index contributed by atoms with van der Waals surface area (Å²) in [6.07, 6.45) is 1.89. The fraction of sp³-hybridized carbons (Fsp3) is 0.625. The highest BCUT2D eigenvalue weighted by molar-refractivity contribution is 8.13. The van der Waals surface area contributed by atoms with E-state index in [1.54, 1.807) is 20.9 Å². The summed E-state index contributed by atoms with van der Waals surface area (Å²) in [7, 11) is 1.66. The van der Waals surface area contributed by atoms with Gasteiger partial charge in [0.15, 0.2) is 0 Å². The Kier molecular flexibility index (Phi) is 19.3. The van der Waals surface area contributed by atoms with Crippen LogP contribution in [0.1, 0.15) is 20.8 Å². The van der Waals surface area contributed by atoms with Crippen molar-refractivity contribution in [3.8, 4) is 0 Å². The first-order valence-electron chi connectivity index (χ1n) is 3.86. The minimum absolute atomic E-state index is 0.167. The van der Waals surface area contributed by atoms with Gasteiger partial charge in [0.25, 0.3) is 0 Å². The van der Waals surface area contributed by atoms with Crippen LogP contribution in [0.25, 0.3) is 0 Å². The molecule has 5 nitrogen and oxygen atoms in total. The summed E-state index contributed by atoms with van der Waals surface area (Å²) in [5.74, 6) is 0.796. The molecule has 0 saturated carbocycles. The van der Waals surface area contributed by atoms with E-state index < -0.39 is 0 Å². The summed E-state index contributed by atoms with van der Waals surface area (Å²) in [6, 6.07) is 0. The standard InChI is InChI=1S/C3H8N2.C3H7NS.C2H6N2/c2*1-3(4)5-2;1-2(3)4/h1-2H3,(H2,4,5);4H,1-2H3;1H3,(H3,3,4). The van der Waals surface area contributed by atoms with Crippen LogP contribution < -0.4 is 11.5 Å². The number of hydrogen-bond donors (Lipinski definition) is 4. The van der Waals surface area contributed by atoms with Gasteiger partial charge in [-0.25, -0.2) is 0 Å². The lowest BCUT2D eigenvalue weighted by Crippen LogP contribution is -2.03. The van der Waals surface area contributed by atoms with E-state index in [0.717, 1.165) is 0 Å². The number of amidine groups is 2. The van der Waals surface area contributed by atoms with Gasteiger partial charge in [0.2, 0.25) is 0 Å². The maximum absolute atomic E-state index is 6.71. The predicted octanol–water partition coefficient (Wildman–Crippen LogP) is 1.28. The fourth-order valence-corrected chi connectivity index (χ4v) is 0. The van der Waals surface area contributed by atoms with E-state index in [4.69, 9.17) is 22.3 Å². The molecule has 14 heavy (non-hydrogen) atoms. The van der Waals surface area contributed by atoms with Crippen molar-refractivity contribution < 1.29 is 0 Å². The molecule has 0 bridgehead atoms. The lowest BCUT2D eigenvalue weighted by Gasteiger charge is -1.77. The second kappa shape index (κ2) is 14.5. The minimum Gasteiger partial charge on any atom is -0.388 e. The molecular formula is C8H21N5S. The highest BCUT2D eigenvalue weighted by Gasteiger charge is 1.70. The first-order valence-corrected chi connectivity index (χ1v) is 5.09. The summed E-state index contributed by atoms with van der Waals surface area (Å²) in [4.78, 5) is 3.58. The summed E-state index contributed by atoms with van der Waals surface area (Å²) >= 11 is 1.46. The Morgan fingerprint density at radius 1 is 1.14 bits per heavy atom. The lowest BCUT2D eigenvalue weighted by molar-refractivity contribution is 1.38. The van der Waals surface area contributed by atoms with Gasteiger partial charge in [-0.05, 0) is 27.0 Å². The minimum atomic E-state index is 0.167. The Morgan fingerprint density at radius 3 is 1.29 bits per heavy atom. The maximum Gasteiger partial charge on any atom is 0.0902 e. The summed E-state index contributed by atoms with van der Waals surface area (Å²) < 4.78 is 0. The number of nitrogens with zero attached hydrogens (tertiary/aromatic N) is 1. The molecule has 0 rings (SSSR count). The number of nitrogens with two attached hydrogens (primary N) is 2. The Hall–Kier alpha value is -1.04. The molecule has 84 valence electrons. The Labute approximate surface area is 90.4 Å². The molecule has 0 spiro atoms. The summed E-state index contributed by atoms with van der Waals surface area (Å²) in [5, 5.41) is 13.7. The molecule has 0 aromatic heterocycles. The van der Waals surface area contributed by atoms with Crippen LogP contribution in [0.15, 0.2) is 4.99 Å². The molecule has 0 aliphatic rings. The third-order valence-corrected chi connectivity index (χ3v) is 1.27. The number of rotatable bonds is 0. The largest absolute Gasteiger partial charge is 0.388 e. The first kappa shape index (κ1) is 18.7. The quantitative estimate of drug-likeness (QED) is 0.363. The van der Waals surface area contributed by atoms with Gasteiger partial charge in [-0.15, -0.1) is 11.8 Å². The van der Waals surface area contributed by atoms with Crippen LogP contribution in [0.3, 0.4) is 0 Å². The molecule has 0 amide bonds. The van der Waals surface area contributed by atoms with Crippen LogP contribution in [0.2, 0.25) is 0 Å². The van der Waals surface area contributed by atoms with E-state index in [1.807, 2.05) is 6.26 Å². The highest BCUT2D eigenvalue weighted by atomic mass is 32.2. The number of hydrogen-bond acceptors (Lipinski definition) is 4. The number of nitrogens with one attached hydrogen (secondary N) is 2. The van der Waals surface area contributed by atoms with Gasteiger partial charge >= 0.3 is 0 Å². The molecule has 0 saturated heterocycles. The molecular weight excluding hydrogens is 198 g/mol. The Bertz CT molecular complexity index is 180. The average molecular weight is 219 g/mol. The third-order valence-electron chi connectivity index (χ3n) is 0.659. The van der Waals surface area contributed by atoms with E-state index in [-0.39, 0.29) is 5.84 Å². The molecule has 0 aromatic rings. The molecule has 0 radical (unpaired) electrons. The zero-order valence-electron chi connectivity index (χ0n) is 9.51. The molecule has 6 N–H and O–H groups in total. The lowest BCUT2D eigenvalue weighted by atomic mass is 10.7. The van der Waals surface area contributed by atoms with Crippen molar-refractivity contribution >= 4 is 28.5 Å². The van der Waals surface area contributed by atoms with Crippen molar-refractivity contribution in [3.05, 3.63) is 0 Å². The van der Waals surface area contributed by atoms with Gasteiger partial charge in [-0.1, -0.05) is 0 Å². The summed E-state index contributed by atoms with van der Waals surface area (Å²) in [6.45, 7) is 5.05. The van der Waals surface area contributed by atoms with Crippen LogP contribution in [-0.2, 0) is 0 Å². The smallest absolute Gasteiger partial charge is 0.0902 e. The molecule has 0 unspecified atom stereocenters. The van der Waals surface area contributed by atoms with E-state index in [0.29, 0.717) is 10.9 Å². The Morgan fingerprint density at radius 2 is 1.29 bits per heavy atom. The molecule has 0 heterocycles. The van der Waals surface area contributed by atoms with Crippen LogP contribution in [0, 0.1) is 10.8 Å². The fourth-order valence-electron chi connectivity index (χ4n) is 0. The van der Waals surface area contributed by atoms with E-state index in [1.165, 1.54) is 18.7 Å². The van der Waals surface area contributed by atoms with Crippen molar-refractivity contribution in [3.63, 3.8) is 0 Å². The van der Waals surface area contributed by atoms with Crippen LogP contribution in [0.4, 0.5) is 0 Å². The van der Waals surface area contributed by atoms with E-state index in [9.17, 15) is 0 Å². The van der Waals surface area contributed by atoms with Crippen molar-refractivity contribution in [2.75, 3.05) is 13.3 Å². The Balaban J connectivity index is -0.000000131. The van der Waals surface area contributed by atoms with Crippen molar-refractivity contribution in [1.29, 1.82) is 10.8 Å². The molecule has 0 aliphatic heterocycles. The van der Waals surface area contributed by atoms with Crippen LogP contribution in [0.5, 0.6) is 0 Å². The molecule has 0 aromatic carbocycles. The van der Waals surface area contributed by atoms with Gasteiger partial charge in [0.05, 0.1) is 16.7 Å². The summed E-state index contributed by atoms with van der Waals surface area (Å²) in [5.41, 5.74) is 9.74. The second-order valence-corrected chi connectivity index (χ2v) is 3.33. The zero-order valence-corrected chi connectivity index (χ0v) is 10.3. The van der Waals surface area contributed by atoms with Gasteiger partial charge in [-0.3, -0.25) is 15.8 Å². The van der Waals surface area contributed by atoms with Gasteiger partial charge in [0.1, 0.15) is 0 Å². The van der Waals surface area contributed by atoms with Gasteiger partial charge in [0, 0.05) is 7.05 Å². The van der Waals surface area contributed by atoms with Crippen molar-refractivity contribution in [2.45, 2.75) is 20.8 Å². The van der Waals surface area contributed by atoms with Crippen molar-refractivity contribution in [1.82, 2.24) is 0 Å². The molecule has 0 fully saturated rings. The first-order chi connectivity index (χ1) is 6.27. The molecule has 0 atom stereocenters. The number of thioether (sulfide) groups is 1. The normalized spacial score (nSPS) is 8.79. The van der Waals surface area contributed by atoms with E-state index >= 15 is 0 Å². The van der Waals surface area contributed by atoms with Crippen LogP contribution in [-0.4, -0.2) is 30.0 Å². The second-order valence-electron chi connectivity index (χ2n) is 2.31. The zero-order chi connectivity index (χ0) is 12.1. The van der Waals surface area contributed by atoms with Crippen LogP contribution >= 0.6 is 11.8 Å². The maximum atomic E-state index is 6.71. The van der Waals surface area contributed by atoms with Gasteiger partial charge in [-0.2, -0.15) is 0 Å². The van der Waals surface area contributed by atoms with Crippen molar-refractivity contribution in [2.24, 2.45) is 16.5 Å². The molecule has 6 heteroatoms. The SMILES string of the molecule is CC(=N)N.CN=C(C)N.CSC(C)=N. The number of aliphatic imine (C=N–C) groups is 1. The average Bonchev–Trinajstić information content (AvgIpc) is 2.04. The predicted molar refractivity (Wildman–Crippen MR) is 67.7 cm³/mol. The highest BCUT2D eigenvalue weighted by Crippen LogP contribution is 1.89.